The van der Waals surface area contributed by atoms with Gasteiger partial charge in [-0.05, 0) is 32.0 Å². The van der Waals surface area contributed by atoms with Gasteiger partial charge in [-0.2, -0.15) is 0 Å². The number of amides is 1. The van der Waals surface area contributed by atoms with E-state index in [0.717, 1.165) is 21.1 Å². The number of aryl methyl sites for hydroxylation is 2. The molecular formula is C16H16N2O4S. The van der Waals surface area contributed by atoms with Crippen molar-refractivity contribution in [2.24, 2.45) is 0 Å². The molecule has 0 radical (unpaired) electrons. The number of benzene rings is 1. The predicted molar refractivity (Wildman–Crippen MR) is 86.9 cm³/mol. The highest BCUT2D eigenvalue weighted by atomic mass is 32.1. The van der Waals surface area contributed by atoms with Crippen LogP contribution in [0.25, 0.3) is 11.3 Å². The Bertz CT molecular complexity index is 784. The molecule has 120 valence electrons. The Kier molecular flexibility index (Phi) is 4.04. The highest BCUT2D eigenvalue weighted by Gasteiger charge is 2.28. The van der Waals surface area contributed by atoms with Crippen LogP contribution in [0.2, 0.25) is 0 Å². The Balaban J connectivity index is 2.04. The number of rotatable bonds is 3. The van der Waals surface area contributed by atoms with Crippen LogP contribution in [0.4, 0.5) is 5.69 Å². The maximum atomic E-state index is 12.1. The van der Waals surface area contributed by atoms with Gasteiger partial charge in [0, 0.05) is 10.4 Å². The molecule has 0 aliphatic carbocycles. The predicted octanol–water partition coefficient (Wildman–Crippen LogP) is 2.33. The zero-order chi connectivity index (χ0) is 16.6. The number of thiazole rings is 1. The van der Waals surface area contributed by atoms with Crippen LogP contribution in [-0.2, 0) is 14.3 Å². The molecule has 0 N–H and O–H groups in total. The molecule has 7 heteroatoms. The summed E-state index contributed by atoms with van der Waals surface area (Å²) in [7, 11) is 1.30. The van der Waals surface area contributed by atoms with E-state index in [4.69, 9.17) is 4.74 Å². The van der Waals surface area contributed by atoms with E-state index in [1.165, 1.54) is 12.0 Å². The number of fused-ring (bicyclic) bond motifs is 1. The van der Waals surface area contributed by atoms with Crippen molar-refractivity contribution in [3.63, 3.8) is 0 Å². The Morgan fingerprint density at radius 2 is 2.22 bits per heavy atom. The molecule has 1 aromatic carbocycles. The average Bonchev–Trinajstić information content (AvgIpc) is 2.88. The second kappa shape index (κ2) is 6.00. The fourth-order valence-corrected chi connectivity index (χ4v) is 3.35. The lowest BCUT2D eigenvalue weighted by atomic mass is 10.1. The van der Waals surface area contributed by atoms with Gasteiger partial charge in [0.2, 0.25) is 0 Å². The second-order valence-electron chi connectivity index (χ2n) is 5.16. The van der Waals surface area contributed by atoms with Crippen molar-refractivity contribution in [3.05, 3.63) is 28.1 Å². The van der Waals surface area contributed by atoms with Crippen LogP contribution in [-0.4, -0.2) is 37.1 Å². The van der Waals surface area contributed by atoms with Crippen LogP contribution >= 0.6 is 11.3 Å². The van der Waals surface area contributed by atoms with Gasteiger partial charge in [0.15, 0.2) is 6.61 Å². The number of esters is 1. The van der Waals surface area contributed by atoms with Gasteiger partial charge in [0.25, 0.3) is 5.91 Å². The minimum atomic E-state index is -0.475. The van der Waals surface area contributed by atoms with Crippen LogP contribution in [0.1, 0.15) is 9.88 Å². The maximum Gasteiger partial charge on any atom is 0.325 e. The zero-order valence-electron chi connectivity index (χ0n) is 13.1. The van der Waals surface area contributed by atoms with E-state index in [-0.39, 0.29) is 19.1 Å². The highest BCUT2D eigenvalue weighted by molar-refractivity contribution is 7.11. The summed E-state index contributed by atoms with van der Waals surface area (Å²) in [5.74, 6) is -0.176. The second-order valence-corrected chi connectivity index (χ2v) is 6.57. The van der Waals surface area contributed by atoms with Crippen LogP contribution in [0, 0.1) is 13.8 Å². The van der Waals surface area contributed by atoms with E-state index >= 15 is 0 Å². The SMILES string of the molecule is COC(=O)CN1C(=O)COc2ccc(-c3nc(C)sc3C)cc21. The van der Waals surface area contributed by atoms with Gasteiger partial charge in [0.05, 0.1) is 23.5 Å². The molecular weight excluding hydrogens is 316 g/mol. The summed E-state index contributed by atoms with van der Waals surface area (Å²) >= 11 is 1.62. The molecule has 1 amide bonds. The van der Waals surface area contributed by atoms with Crippen molar-refractivity contribution in [1.82, 2.24) is 4.98 Å². The minimum absolute atomic E-state index is 0.0851. The summed E-state index contributed by atoms with van der Waals surface area (Å²) in [4.78, 5) is 30.7. The van der Waals surface area contributed by atoms with E-state index in [2.05, 4.69) is 9.72 Å². The van der Waals surface area contributed by atoms with Crippen molar-refractivity contribution in [2.45, 2.75) is 13.8 Å². The Morgan fingerprint density at radius 1 is 1.43 bits per heavy atom. The molecule has 0 saturated heterocycles. The maximum absolute atomic E-state index is 12.1. The van der Waals surface area contributed by atoms with Gasteiger partial charge in [-0.25, -0.2) is 4.98 Å². The first kappa shape index (κ1) is 15.5. The Morgan fingerprint density at radius 3 is 2.87 bits per heavy atom. The molecule has 0 saturated carbocycles. The summed E-state index contributed by atoms with van der Waals surface area (Å²) in [6.07, 6.45) is 0. The number of hydrogen-bond acceptors (Lipinski definition) is 6. The quantitative estimate of drug-likeness (QED) is 0.807. The standard InChI is InChI=1S/C16H16N2O4S/c1-9-16(17-10(2)23-9)11-4-5-13-12(6-11)18(7-15(20)21-3)14(19)8-22-13/h4-6H,7-8H2,1-3H3. The number of carbonyl (C=O) groups is 2. The zero-order valence-corrected chi connectivity index (χ0v) is 13.9. The first-order chi connectivity index (χ1) is 11.0. The molecule has 0 fully saturated rings. The average molecular weight is 332 g/mol. The first-order valence-electron chi connectivity index (χ1n) is 7.08. The number of ether oxygens (including phenoxy) is 2. The minimum Gasteiger partial charge on any atom is -0.482 e. The van der Waals surface area contributed by atoms with E-state index in [1.807, 2.05) is 26.0 Å². The van der Waals surface area contributed by atoms with Gasteiger partial charge in [-0.1, -0.05) is 0 Å². The van der Waals surface area contributed by atoms with E-state index in [0.29, 0.717) is 11.4 Å². The summed E-state index contributed by atoms with van der Waals surface area (Å²) in [6, 6.07) is 5.54. The Hall–Kier alpha value is -2.41. The molecule has 1 aromatic heterocycles. The summed E-state index contributed by atoms with van der Waals surface area (Å²) < 4.78 is 10.1. The molecule has 0 spiro atoms. The smallest absolute Gasteiger partial charge is 0.325 e. The van der Waals surface area contributed by atoms with E-state index in [9.17, 15) is 9.59 Å². The lowest BCUT2D eigenvalue weighted by Gasteiger charge is -2.28. The number of carbonyl (C=O) groups excluding carboxylic acids is 2. The van der Waals surface area contributed by atoms with Crippen LogP contribution in [0.15, 0.2) is 18.2 Å². The van der Waals surface area contributed by atoms with E-state index in [1.54, 1.807) is 17.4 Å². The molecule has 1 aliphatic heterocycles. The first-order valence-corrected chi connectivity index (χ1v) is 7.89. The number of anilines is 1. The van der Waals surface area contributed by atoms with Crippen molar-refractivity contribution in [2.75, 3.05) is 25.2 Å². The van der Waals surface area contributed by atoms with Crippen LogP contribution < -0.4 is 9.64 Å². The topological polar surface area (TPSA) is 68.7 Å². The van der Waals surface area contributed by atoms with Gasteiger partial charge in [0.1, 0.15) is 12.3 Å². The summed E-state index contributed by atoms with van der Waals surface area (Å²) in [5, 5.41) is 0.981. The van der Waals surface area contributed by atoms with E-state index < -0.39 is 5.97 Å². The number of nitrogens with zero attached hydrogens (tertiary/aromatic N) is 2. The lowest BCUT2D eigenvalue weighted by Crippen LogP contribution is -2.42. The molecule has 1 aliphatic rings. The van der Waals surface area contributed by atoms with Crippen LogP contribution in [0.3, 0.4) is 0 Å². The lowest BCUT2D eigenvalue weighted by molar-refractivity contribution is -0.140. The third-order valence-electron chi connectivity index (χ3n) is 3.59. The third-order valence-corrected chi connectivity index (χ3v) is 4.48. The largest absolute Gasteiger partial charge is 0.482 e. The number of methoxy groups -OCH3 is 1. The van der Waals surface area contributed by atoms with Gasteiger partial charge in [-0.15, -0.1) is 11.3 Å². The van der Waals surface area contributed by atoms with Crippen molar-refractivity contribution in [3.8, 4) is 17.0 Å². The molecule has 2 heterocycles. The van der Waals surface area contributed by atoms with Gasteiger partial charge in [-0.3, -0.25) is 14.5 Å². The summed E-state index contributed by atoms with van der Waals surface area (Å²) in [6.45, 7) is 3.74. The normalized spacial score (nSPS) is 13.5. The third kappa shape index (κ3) is 2.92. The monoisotopic (exact) mass is 332 g/mol. The number of aromatic nitrogens is 1. The summed E-state index contributed by atoms with van der Waals surface area (Å²) in [5.41, 5.74) is 2.33. The van der Waals surface area contributed by atoms with Crippen molar-refractivity contribution < 1.29 is 19.1 Å². The number of hydrogen-bond donors (Lipinski definition) is 0. The fourth-order valence-electron chi connectivity index (χ4n) is 2.51. The molecule has 23 heavy (non-hydrogen) atoms. The highest BCUT2D eigenvalue weighted by Crippen LogP contribution is 2.37. The molecule has 2 aromatic rings. The van der Waals surface area contributed by atoms with Gasteiger partial charge >= 0.3 is 5.97 Å². The Labute approximate surface area is 137 Å². The van der Waals surface area contributed by atoms with Crippen LogP contribution in [0.5, 0.6) is 5.75 Å². The molecule has 0 bridgehead atoms. The fraction of sp³-hybridized carbons (Fsp3) is 0.312. The molecule has 0 unspecified atom stereocenters. The molecule has 6 nitrogen and oxygen atoms in total. The van der Waals surface area contributed by atoms with Crippen molar-refractivity contribution in [1.29, 1.82) is 0 Å². The van der Waals surface area contributed by atoms with Gasteiger partial charge < -0.3 is 9.47 Å². The van der Waals surface area contributed by atoms with Crippen molar-refractivity contribution >= 4 is 28.9 Å². The molecule has 0 atom stereocenters. The molecule has 3 rings (SSSR count).